The summed E-state index contributed by atoms with van der Waals surface area (Å²) in [6.45, 7) is 0.0496. The van der Waals surface area contributed by atoms with Gasteiger partial charge in [-0.3, -0.25) is 4.79 Å². The molecule has 10 heteroatoms. The lowest BCUT2D eigenvalue weighted by atomic mass is 10.1. The Bertz CT molecular complexity index is 1390. The average molecular weight is 439 g/mol. The van der Waals surface area contributed by atoms with E-state index in [1.807, 2.05) is 0 Å². The van der Waals surface area contributed by atoms with E-state index in [2.05, 4.69) is 5.10 Å². The predicted octanol–water partition coefficient (Wildman–Crippen LogP) is 2.81. The third kappa shape index (κ3) is 3.30. The Labute approximate surface area is 177 Å². The van der Waals surface area contributed by atoms with Crippen molar-refractivity contribution < 1.29 is 27.8 Å². The summed E-state index contributed by atoms with van der Waals surface area (Å²) >= 11 is 0. The molecule has 1 N–H and O–H groups in total. The monoisotopic (exact) mass is 439 g/mol. The molecule has 1 aliphatic heterocycles. The molecule has 0 spiro atoms. The van der Waals surface area contributed by atoms with Gasteiger partial charge in [0.15, 0.2) is 11.5 Å². The van der Waals surface area contributed by atoms with Gasteiger partial charge in [-0.15, -0.1) is 0 Å². The van der Waals surface area contributed by atoms with Gasteiger partial charge < -0.3 is 14.6 Å². The highest BCUT2D eigenvalue weighted by Gasteiger charge is 2.25. The van der Waals surface area contributed by atoms with Crippen molar-refractivity contribution in [3.63, 3.8) is 0 Å². The van der Waals surface area contributed by atoms with E-state index in [0.717, 1.165) is 5.69 Å². The van der Waals surface area contributed by atoms with Gasteiger partial charge in [0.2, 0.25) is 6.79 Å². The van der Waals surface area contributed by atoms with E-state index in [1.165, 1.54) is 22.3 Å². The van der Waals surface area contributed by atoms with Gasteiger partial charge in [-0.05, 0) is 48.4 Å². The third-order valence-electron chi connectivity index (χ3n) is 5.12. The van der Waals surface area contributed by atoms with Crippen LogP contribution in [0, 0.1) is 0 Å². The SMILES string of the molecule is O=C(O)CCc1cn(S(=O)(=O)c2ccc(-n3cccn3)cc2)c2cc3c(cc12)OCO3. The maximum atomic E-state index is 13.4. The Morgan fingerprint density at radius 2 is 1.87 bits per heavy atom. The zero-order chi connectivity index (χ0) is 21.6. The van der Waals surface area contributed by atoms with E-state index in [4.69, 9.17) is 14.6 Å². The van der Waals surface area contributed by atoms with Gasteiger partial charge in [-0.1, -0.05) is 0 Å². The van der Waals surface area contributed by atoms with Crippen molar-refractivity contribution >= 4 is 26.9 Å². The normalized spacial score (nSPS) is 13.0. The number of nitrogens with zero attached hydrogens (tertiary/aromatic N) is 3. The van der Waals surface area contributed by atoms with E-state index in [0.29, 0.717) is 28.0 Å². The molecule has 0 radical (unpaired) electrons. The number of carbonyl (C=O) groups is 1. The first-order valence-electron chi connectivity index (χ1n) is 9.44. The number of aliphatic carboxylic acids is 1. The number of carboxylic acids is 1. The van der Waals surface area contributed by atoms with Crippen molar-refractivity contribution in [3.8, 4) is 17.2 Å². The van der Waals surface area contributed by atoms with Gasteiger partial charge in [0.1, 0.15) is 0 Å². The van der Waals surface area contributed by atoms with E-state index in [9.17, 15) is 13.2 Å². The van der Waals surface area contributed by atoms with Crippen LogP contribution in [0.15, 0.2) is 66.0 Å². The molecule has 0 amide bonds. The summed E-state index contributed by atoms with van der Waals surface area (Å²) in [5.74, 6) is -0.0117. The molecule has 0 unspecified atom stereocenters. The maximum Gasteiger partial charge on any atom is 0.303 e. The zero-order valence-electron chi connectivity index (χ0n) is 16.1. The Balaban J connectivity index is 1.62. The van der Waals surface area contributed by atoms with Gasteiger partial charge in [0.05, 0.1) is 16.1 Å². The summed E-state index contributed by atoms with van der Waals surface area (Å²) in [6, 6.07) is 11.5. The van der Waals surface area contributed by atoms with E-state index < -0.39 is 16.0 Å². The van der Waals surface area contributed by atoms with E-state index in [-0.39, 0.29) is 24.5 Å². The minimum atomic E-state index is -3.94. The Hall–Kier alpha value is -3.79. The van der Waals surface area contributed by atoms with Crippen LogP contribution in [0.2, 0.25) is 0 Å². The fourth-order valence-corrected chi connectivity index (χ4v) is 4.98. The number of rotatable bonds is 6. The fourth-order valence-electron chi connectivity index (χ4n) is 3.60. The topological polar surface area (TPSA) is 113 Å². The highest BCUT2D eigenvalue weighted by atomic mass is 32.2. The molecule has 0 aliphatic carbocycles. The van der Waals surface area contributed by atoms with E-state index in [1.54, 1.807) is 47.4 Å². The second-order valence-electron chi connectivity index (χ2n) is 7.02. The van der Waals surface area contributed by atoms with Crippen molar-refractivity contribution in [1.82, 2.24) is 13.8 Å². The first kappa shape index (κ1) is 19.2. The van der Waals surface area contributed by atoms with Crippen LogP contribution in [-0.4, -0.2) is 40.0 Å². The van der Waals surface area contributed by atoms with Gasteiger partial charge >= 0.3 is 5.97 Å². The molecule has 9 nitrogen and oxygen atoms in total. The third-order valence-corrected chi connectivity index (χ3v) is 6.81. The van der Waals surface area contributed by atoms with Crippen LogP contribution >= 0.6 is 0 Å². The molecule has 158 valence electrons. The Morgan fingerprint density at radius 1 is 1.13 bits per heavy atom. The quantitative estimate of drug-likeness (QED) is 0.491. The van der Waals surface area contributed by atoms with Crippen molar-refractivity contribution in [2.75, 3.05) is 6.79 Å². The highest BCUT2D eigenvalue weighted by Crippen LogP contribution is 2.39. The largest absolute Gasteiger partial charge is 0.481 e. The molecule has 0 saturated carbocycles. The number of ether oxygens (including phenoxy) is 2. The van der Waals surface area contributed by atoms with Gasteiger partial charge in [0, 0.05) is 36.5 Å². The van der Waals surface area contributed by atoms with Gasteiger partial charge in [-0.2, -0.15) is 5.10 Å². The second kappa shape index (κ2) is 7.17. The molecule has 2 aromatic carbocycles. The Kier molecular flexibility index (Phi) is 4.44. The summed E-state index contributed by atoms with van der Waals surface area (Å²) in [7, 11) is -3.94. The van der Waals surface area contributed by atoms with Crippen LogP contribution in [0.25, 0.3) is 16.6 Å². The zero-order valence-corrected chi connectivity index (χ0v) is 16.9. The van der Waals surface area contributed by atoms with Crippen molar-refractivity contribution in [3.05, 3.63) is 66.6 Å². The van der Waals surface area contributed by atoms with Crippen molar-refractivity contribution in [2.24, 2.45) is 0 Å². The van der Waals surface area contributed by atoms with Crippen LogP contribution in [0.3, 0.4) is 0 Å². The number of hydrogen-bond acceptors (Lipinski definition) is 6. The number of fused-ring (bicyclic) bond motifs is 2. The first-order valence-corrected chi connectivity index (χ1v) is 10.9. The van der Waals surface area contributed by atoms with Crippen LogP contribution < -0.4 is 9.47 Å². The molecule has 0 saturated heterocycles. The number of benzene rings is 2. The summed E-state index contributed by atoms with van der Waals surface area (Å²) in [4.78, 5) is 11.2. The molecule has 31 heavy (non-hydrogen) atoms. The number of aryl methyl sites for hydroxylation is 1. The number of aromatic nitrogens is 3. The number of hydrogen-bond donors (Lipinski definition) is 1. The van der Waals surface area contributed by atoms with Crippen LogP contribution in [-0.2, 0) is 21.2 Å². The smallest absolute Gasteiger partial charge is 0.303 e. The van der Waals surface area contributed by atoms with Crippen LogP contribution in [0.1, 0.15) is 12.0 Å². The molecular weight excluding hydrogens is 422 g/mol. The maximum absolute atomic E-state index is 13.4. The lowest BCUT2D eigenvalue weighted by molar-refractivity contribution is -0.136. The van der Waals surface area contributed by atoms with Crippen molar-refractivity contribution in [2.45, 2.75) is 17.7 Å². The summed E-state index contributed by atoms with van der Waals surface area (Å²) < 4.78 is 40.5. The summed E-state index contributed by atoms with van der Waals surface area (Å²) in [5, 5.41) is 13.8. The van der Waals surface area contributed by atoms with Crippen molar-refractivity contribution in [1.29, 1.82) is 0 Å². The summed E-state index contributed by atoms with van der Waals surface area (Å²) in [6.07, 6.45) is 4.94. The molecule has 1 aliphatic rings. The van der Waals surface area contributed by atoms with E-state index >= 15 is 0 Å². The molecule has 0 bridgehead atoms. The Morgan fingerprint density at radius 3 is 2.55 bits per heavy atom. The summed E-state index contributed by atoms with van der Waals surface area (Å²) in [5.41, 5.74) is 1.74. The molecule has 5 rings (SSSR count). The fraction of sp³-hybridized carbons (Fsp3) is 0.143. The first-order chi connectivity index (χ1) is 14.9. The number of carboxylic acid groups (broad SMARTS) is 1. The minimum absolute atomic E-state index is 0.0496. The van der Waals surface area contributed by atoms with Crippen LogP contribution in [0.4, 0.5) is 0 Å². The predicted molar refractivity (Wildman–Crippen MR) is 110 cm³/mol. The lowest BCUT2D eigenvalue weighted by Gasteiger charge is -2.09. The molecule has 2 aromatic heterocycles. The lowest BCUT2D eigenvalue weighted by Crippen LogP contribution is -2.12. The molecule has 0 fully saturated rings. The van der Waals surface area contributed by atoms with Gasteiger partial charge in [0.25, 0.3) is 10.0 Å². The standard InChI is InChI=1S/C21H17N3O6S/c25-21(26)7-2-14-12-24(18-11-20-19(10-17(14)18)29-13-30-20)31(27,28)16-5-3-15(4-6-16)23-9-1-8-22-23/h1,3-6,8-12H,2,7,13H2,(H,25,26). The molecule has 3 heterocycles. The molecule has 0 atom stereocenters. The van der Waals surface area contributed by atoms with Crippen LogP contribution in [0.5, 0.6) is 11.5 Å². The minimum Gasteiger partial charge on any atom is -0.481 e. The molecule has 4 aromatic rings. The average Bonchev–Trinajstić information content (AvgIpc) is 3.50. The molecular formula is C21H17N3O6S. The second-order valence-corrected chi connectivity index (χ2v) is 8.83. The highest BCUT2D eigenvalue weighted by molar-refractivity contribution is 7.90. The van der Waals surface area contributed by atoms with Gasteiger partial charge in [-0.25, -0.2) is 17.1 Å².